The number of carbonyl (C=O) groups excluding carboxylic acids is 1. The van der Waals surface area contributed by atoms with Gasteiger partial charge in [0.15, 0.2) is 5.13 Å². The lowest BCUT2D eigenvalue weighted by Crippen LogP contribution is -2.36. The molecule has 0 bridgehead atoms. The van der Waals surface area contributed by atoms with E-state index in [1.54, 1.807) is 12.3 Å². The Kier molecular flexibility index (Phi) is 4.87. The molecule has 2 aromatic heterocycles. The number of amides is 1. The van der Waals surface area contributed by atoms with Crippen molar-refractivity contribution in [1.29, 1.82) is 0 Å². The molecule has 0 spiro atoms. The molecule has 0 saturated carbocycles. The van der Waals surface area contributed by atoms with Crippen molar-refractivity contribution in [1.82, 2.24) is 9.97 Å². The number of nitrogens with zero attached hydrogens (tertiary/aromatic N) is 3. The van der Waals surface area contributed by atoms with Crippen LogP contribution in [0.15, 0.2) is 30.5 Å². The monoisotopic (exact) mass is 388 g/mol. The molecule has 1 saturated heterocycles. The number of rotatable bonds is 4. The standard InChI is InChI=1S/C18H17FN4O3S/c1-25-14-8-11(19)9-15-16(14)21-18(27-15)22-17(24)13-10-12(2-3-20-13)23-4-6-26-7-5-23/h2-3,8-10H,4-7H2,1H3,(H,21,22,24). The fourth-order valence-corrected chi connectivity index (χ4v) is 3.80. The van der Waals surface area contributed by atoms with Gasteiger partial charge in [0.1, 0.15) is 22.8 Å². The van der Waals surface area contributed by atoms with E-state index in [0.717, 1.165) is 18.8 Å². The third-order valence-electron chi connectivity index (χ3n) is 4.22. The number of hydrogen-bond donors (Lipinski definition) is 1. The summed E-state index contributed by atoms with van der Waals surface area (Å²) in [6.07, 6.45) is 1.61. The van der Waals surface area contributed by atoms with Gasteiger partial charge in [-0.05, 0) is 18.2 Å². The van der Waals surface area contributed by atoms with E-state index >= 15 is 0 Å². The second-order valence-corrected chi connectivity index (χ2v) is 6.96. The highest BCUT2D eigenvalue weighted by Gasteiger charge is 2.17. The average Bonchev–Trinajstić information content (AvgIpc) is 3.10. The molecule has 0 radical (unpaired) electrons. The van der Waals surface area contributed by atoms with Crippen LogP contribution in [-0.4, -0.2) is 49.3 Å². The topological polar surface area (TPSA) is 76.6 Å². The first-order valence-electron chi connectivity index (χ1n) is 8.38. The highest BCUT2D eigenvalue weighted by atomic mass is 32.1. The zero-order chi connectivity index (χ0) is 18.8. The third kappa shape index (κ3) is 3.69. The van der Waals surface area contributed by atoms with Gasteiger partial charge in [-0.1, -0.05) is 11.3 Å². The highest BCUT2D eigenvalue weighted by molar-refractivity contribution is 7.22. The smallest absolute Gasteiger partial charge is 0.276 e. The van der Waals surface area contributed by atoms with E-state index in [9.17, 15) is 9.18 Å². The SMILES string of the molecule is COc1cc(F)cc2sc(NC(=O)c3cc(N4CCOCC4)ccn3)nc12. The largest absolute Gasteiger partial charge is 0.494 e. The van der Waals surface area contributed by atoms with E-state index in [2.05, 4.69) is 20.2 Å². The van der Waals surface area contributed by atoms with Gasteiger partial charge < -0.3 is 14.4 Å². The number of halogens is 1. The van der Waals surface area contributed by atoms with Crippen molar-refractivity contribution in [3.8, 4) is 5.75 Å². The maximum atomic E-state index is 13.6. The predicted molar refractivity (Wildman–Crippen MR) is 101 cm³/mol. The predicted octanol–water partition coefficient (Wildman–Crippen LogP) is 2.93. The first kappa shape index (κ1) is 17.6. The quantitative estimate of drug-likeness (QED) is 0.741. The molecule has 9 heteroatoms. The normalized spacial score (nSPS) is 14.4. The van der Waals surface area contributed by atoms with Crippen molar-refractivity contribution in [2.75, 3.05) is 43.6 Å². The van der Waals surface area contributed by atoms with E-state index < -0.39 is 5.82 Å². The molecule has 1 aliphatic heterocycles. The summed E-state index contributed by atoms with van der Waals surface area (Å²) in [5, 5.41) is 3.09. The fraction of sp³-hybridized carbons (Fsp3) is 0.278. The Balaban J connectivity index is 1.56. The lowest BCUT2D eigenvalue weighted by molar-refractivity contribution is 0.102. The number of aromatic nitrogens is 2. The van der Waals surface area contributed by atoms with Gasteiger partial charge in [0.2, 0.25) is 0 Å². The zero-order valence-corrected chi connectivity index (χ0v) is 15.4. The van der Waals surface area contributed by atoms with Gasteiger partial charge in [-0.3, -0.25) is 15.1 Å². The van der Waals surface area contributed by atoms with Gasteiger partial charge in [0.05, 0.1) is 25.0 Å². The van der Waals surface area contributed by atoms with Crippen molar-refractivity contribution in [3.05, 3.63) is 42.0 Å². The summed E-state index contributed by atoms with van der Waals surface area (Å²) < 4.78 is 24.7. The number of nitrogens with one attached hydrogen (secondary N) is 1. The van der Waals surface area contributed by atoms with E-state index in [0.29, 0.717) is 34.3 Å². The summed E-state index contributed by atoms with van der Waals surface area (Å²) in [6, 6.07) is 6.24. The van der Waals surface area contributed by atoms with Gasteiger partial charge in [0.25, 0.3) is 5.91 Å². The highest BCUT2D eigenvalue weighted by Crippen LogP contribution is 2.33. The first-order valence-corrected chi connectivity index (χ1v) is 9.20. The fourth-order valence-electron chi connectivity index (χ4n) is 2.90. The number of methoxy groups -OCH3 is 1. The summed E-state index contributed by atoms with van der Waals surface area (Å²) in [5.41, 5.74) is 1.72. The van der Waals surface area contributed by atoms with Crippen LogP contribution in [0.3, 0.4) is 0 Å². The van der Waals surface area contributed by atoms with Crippen LogP contribution in [0.2, 0.25) is 0 Å². The number of pyridine rings is 1. The minimum atomic E-state index is -0.416. The van der Waals surface area contributed by atoms with Gasteiger partial charge in [-0.15, -0.1) is 0 Å². The molecule has 4 rings (SSSR count). The summed E-state index contributed by atoms with van der Waals surface area (Å²) in [7, 11) is 1.45. The lowest BCUT2D eigenvalue weighted by atomic mass is 10.2. The lowest BCUT2D eigenvalue weighted by Gasteiger charge is -2.28. The van der Waals surface area contributed by atoms with Crippen molar-refractivity contribution < 1.29 is 18.7 Å². The van der Waals surface area contributed by atoms with Crippen LogP contribution in [0.5, 0.6) is 5.75 Å². The Hall–Kier alpha value is -2.78. The molecule has 3 heterocycles. The number of thiazole rings is 1. The van der Waals surface area contributed by atoms with Crippen LogP contribution in [-0.2, 0) is 4.74 Å². The number of carbonyl (C=O) groups is 1. The Bertz CT molecular complexity index is 988. The molecule has 140 valence electrons. The third-order valence-corrected chi connectivity index (χ3v) is 5.14. The van der Waals surface area contributed by atoms with E-state index in [1.807, 2.05) is 6.07 Å². The molecular weight excluding hydrogens is 371 g/mol. The molecular formula is C18H17FN4O3S. The van der Waals surface area contributed by atoms with Crippen molar-refractivity contribution in [3.63, 3.8) is 0 Å². The maximum Gasteiger partial charge on any atom is 0.276 e. The van der Waals surface area contributed by atoms with Crippen LogP contribution in [0, 0.1) is 5.82 Å². The Morgan fingerprint density at radius 3 is 2.93 bits per heavy atom. The second kappa shape index (κ2) is 7.45. The molecule has 0 aliphatic carbocycles. The first-order chi connectivity index (χ1) is 13.1. The molecule has 1 aliphatic rings. The summed E-state index contributed by atoms with van der Waals surface area (Å²) in [6.45, 7) is 2.87. The zero-order valence-electron chi connectivity index (χ0n) is 14.6. The number of benzene rings is 1. The van der Waals surface area contributed by atoms with E-state index in [1.165, 1.54) is 30.6 Å². The van der Waals surface area contributed by atoms with Gasteiger partial charge in [-0.25, -0.2) is 9.37 Å². The minimum absolute atomic E-state index is 0.288. The molecule has 1 N–H and O–H groups in total. The number of ether oxygens (including phenoxy) is 2. The minimum Gasteiger partial charge on any atom is -0.494 e. The average molecular weight is 388 g/mol. The van der Waals surface area contributed by atoms with E-state index in [-0.39, 0.29) is 11.6 Å². The van der Waals surface area contributed by atoms with Crippen molar-refractivity contribution in [2.24, 2.45) is 0 Å². The Morgan fingerprint density at radius 1 is 1.33 bits per heavy atom. The Labute approximate surface area is 158 Å². The summed E-state index contributed by atoms with van der Waals surface area (Å²) in [5.74, 6) is -0.460. The second-order valence-electron chi connectivity index (χ2n) is 5.93. The molecule has 7 nitrogen and oxygen atoms in total. The Morgan fingerprint density at radius 2 is 2.15 bits per heavy atom. The molecule has 27 heavy (non-hydrogen) atoms. The molecule has 0 atom stereocenters. The van der Waals surface area contributed by atoms with Crippen LogP contribution >= 0.6 is 11.3 Å². The van der Waals surface area contributed by atoms with Crippen molar-refractivity contribution >= 4 is 38.3 Å². The maximum absolute atomic E-state index is 13.6. The molecule has 0 unspecified atom stereocenters. The van der Waals surface area contributed by atoms with Gasteiger partial charge in [0, 0.05) is 31.0 Å². The summed E-state index contributed by atoms with van der Waals surface area (Å²) >= 11 is 1.18. The van der Waals surface area contributed by atoms with Crippen LogP contribution in [0.4, 0.5) is 15.2 Å². The molecule has 1 aromatic carbocycles. The van der Waals surface area contributed by atoms with E-state index in [4.69, 9.17) is 9.47 Å². The molecule has 3 aromatic rings. The number of anilines is 2. The molecule has 1 amide bonds. The number of hydrogen-bond acceptors (Lipinski definition) is 7. The number of morpholine rings is 1. The van der Waals surface area contributed by atoms with Gasteiger partial charge >= 0.3 is 0 Å². The summed E-state index contributed by atoms with van der Waals surface area (Å²) in [4.78, 5) is 23.2. The van der Waals surface area contributed by atoms with Crippen LogP contribution in [0.1, 0.15) is 10.5 Å². The van der Waals surface area contributed by atoms with Crippen LogP contribution in [0.25, 0.3) is 10.2 Å². The van der Waals surface area contributed by atoms with Crippen molar-refractivity contribution in [2.45, 2.75) is 0 Å². The number of fused-ring (bicyclic) bond motifs is 1. The van der Waals surface area contributed by atoms with Crippen LogP contribution < -0.4 is 15.0 Å². The van der Waals surface area contributed by atoms with Gasteiger partial charge in [-0.2, -0.15) is 0 Å². The molecule has 1 fully saturated rings.